The van der Waals surface area contributed by atoms with Crippen LogP contribution in [0.2, 0.25) is 0 Å². The molecule has 24 heavy (non-hydrogen) atoms. The lowest BCUT2D eigenvalue weighted by Crippen LogP contribution is -2.16. The molecule has 0 bridgehead atoms. The predicted octanol–water partition coefficient (Wildman–Crippen LogP) is 4.17. The zero-order valence-electron chi connectivity index (χ0n) is 13.1. The average Bonchev–Trinajstić information content (AvgIpc) is 3.27. The number of thiophene rings is 1. The summed E-state index contributed by atoms with van der Waals surface area (Å²) in [6, 6.07) is 14.7. The summed E-state index contributed by atoms with van der Waals surface area (Å²) in [5.41, 5.74) is 3.33. The van der Waals surface area contributed by atoms with Crippen molar-refractivity contribution in [1.82, 2.24) is 5.43 Å². The number of benzene rings is 1. The monoisotopic (exact) mass is 340 g/mol. The van der Waals surface area contributed by atoms with Crippen molar-refractivity contribution in [3.63, 3.8) is 0 Å². The van der Waals surface area contributed by atoms with Gasteiger partial charge < -0.3 is 9.15 Å². The van der Waals surface area contributed by atoms with Crippen molar-refractivity contribution in [3.05, 3.63) is 64.5 Å². The van der Waals surface area contributed by atoms with Crippen molar-refractivity contribution in [2.24, 2.45) is 5.10 Å². The number of hydrogen-bond donors (Lipinski definition) is 1. The van der Waals surface area contributed by atoms with Crippen LogP contribution in [-0.2, 0) is 0 Å². The Bertz CT molecular complexity index is 820. The Morgan fingerprint density at radius 2 is 2.08 bits per heavy atom. The van der Waals surface area contributed by atoms with Crippen LogP contribution < -0.4 is 10.2 Å². The minimum Gasteiger partial charge on any atom is -0.494 e. The van der Waals surface area contributed by atoms with Gasteiger partial charge in [0.05, 0.1) is 12.8 Å². The summed E-state index contributed by atoms with van der Waals surface area (Å²) < 4.78 is 11.0. The molecule has 0 aliphatic carbocycles. The number of carbonyl (C=O) groups excluding carboxylic acids is 1. The van der Waals surface area contributed by atoms with Gasteiger partial charge in [-0.25, -0.2) is 5.43 Å². The Labute approximate surface area is 143 Å². The number of hydrazone groups is 1. The normalized spacial score (nSPS) is 10.9. The van der Waals surface area contributed by atoms with E-state index in [1.807, 2.05) is 48.7 Å². The zero-order valence-corrected chi connectivity index (χ0v) is 13.9. The fourth-order valence-electron chi connectivity index (χ4n) is 2.07. The Balaban J connectivity index is 1.65. The fraction of sp³-hybridized carbons (Fsp3) is 0.111. The number of nitrogens with zero attached hydrogens (tertiary/aromatic N) is 1. The van der Waals surface area contributed by atoms with Crippen molar-refractivity contribution >= 4 is 23.5 Å². The lowest BCUT2D eigenvalue weighted by atomic mass is 10.2. The molecule has 0 fully saturated rings. The van der Waals surface area contributed by atoms with Crippen LogP contribution in [0, 0.1) is 0 Å². The molecule has 1 amide bonds. The minimum atomic E-state index is -0.389. The van der Waals surface area contributed by atoms with E-state index in [9.17, 15) is 4.79 Å². The highest BCUT2D eigenvalue weighted by Crippen LogP contribution is 2.24. The van der Waals surface area contributed by atoms with E-state index in [0.717, 1.165) is 16.2 Å². The summed E-state index contributed by atoms with van der Waals surface area (Å²) in [6.07, 6.45) is 1.60. The van der Waals surface area contributed by atoms with E-state index in [1.54, 1.807) is 29.7 Å². The van der Waals surface area contributed by atoms with E-state index in [4.69, 9.17) is 9.15 Å². The summed E-state index contributed by atoms with van der Waals surface area (Å²) >= 11 is 1.54. The summed E-state index contributed by atoms with van der Waals surface area (Å²) in [5, 5.41) is 5.86. The van der Waals surface area contributed by atoms with Crippen LogP contribution >= 0.6 is 11.3 Å². The van der Waals surface area contributed by atoms with Crippen molar-refractivity contribution in [1.29, 1.82) is 0 Å². The predicted molar refractivity (Wildman–Crippen MR) is 94.7 cm³/mol. The highest BCUT2D eigenvalue weighted by molar-refractivity contribution is 7.11. The SMILES string of the molecule is CCOc1ccc(-c2ccc(C(=O)N/N=C/c3cccs3)o2)cc1. The molecule has 2 aromatic heterocycles. The van der Waals surface area contributed by atoms with Gasteiger partial charge in [0.1, 0.15) is 11.5 Å². The smallest absolute Gasteiger partial charge is 0.307 e. The molecule has 3 aromatic rings. The molecule has 0 unspecified atom stereocenters. The van der Waals surface area contributed by atoms with Gasteiger partial charge >= 0.3 is 5.91 Å². The minimum absolute atomic E-state index is 0.210. The Kier molecular flexibility index (Phi) is 5.08. The van der Waals surface area contributed by atoms with E-state index in [0.29, 0.717) is 12.4 Å². The van der Waals surface area contributed by atoms with Crippen LogP contribution in [0.1, 0.15) is 22.4 Å². The first kappa shape index (κ1) is 16.0. The quantitative estimate of drug-likeness (QED) is 0.541. The number of hydrogen-bond acceptors (Lipinski definition) is 5. The van der Waals surface area contributed by atoms with E-state index < -0.39 is 0 Å². The molecular formula is C18H16N2O3S. The standard InChI is InChI=1S/C18H16N2O3S/c1-2-22-14-7-5-13(6-8-14)16-9-10-17(23-16)18(21)20-19-12-15-4-3-11-24-15/h3-12H,2H2,1H3,(H,20,21)/b19-12+. The molecule has 0 saturated heterocycles. The third kappa shape index (κ3) is 3.91. The van der Waals surface area contributed by atoms with Crippen LogP contribution in [0.3, 0.4) is 0 Å². The van der Waals surface area contributed by atoms with E-state index in [2.05, 4.69) is 10.5 Å². The maximum Gasteiger partial charge on any atom is 0.307 e. The maximum absolute atomic E-state index is 12.0. The third-order valence-electron chi connectivity index (χ3n) is 3.18. The lowest BCUT2D eigenvalue weighted by molar-refractivity contribution is 0.0928. The Morgan fingerprint density at radius 1 is 1.25 bits per heavy atom. The molecule has 0 aliphatic rings. The molecule has 1 aromatic carbocycles. The van der Waals surface area contributed by atoms with Gasteiger partial charge in [0, 0.05) is 10.4 Å². The molecule has 2 heterocycles. The van der Waals surface area contributed by atoms with Gasteiger partial charge in [0.15, 0.2) is 5.76 Å². The number of nitrogens with one attached hydrogen (secondary N) is 1. The molecule has 0 aliphatic heterocycles. The Hall–Kier alpha value is -2.86. The second-order valence-electron chi connectivity index (χ2n) is 4.84. The molecule has 5 nitrogen and oxygen atoms in total. The maximum atomic E-state index is 12.0. The Morgan fingerprint density at radius 3 is 2.79 bits per heavy atom. The topological polar surface area (TPSA) is 63.8 Å². The molecule has 3 rings (SSSR count). The first-order valence-corrected chi connectivity index (χ1v) is 8.34. The van der Waals surface area contributed by atoms with Gasteiger partial charge in [-0.2, -0.15) is 5.10 Å². The first-order valence-electron chi connectivity index (χ1n) is 7.46. The highest BCUT2D eigenvalue weighted by Gasteiger charge is 2.11. The van der Waals surface area contributed by atoms with Crippen molar-refractivity contribution in [3.8, 4) is 17.1 Å². The zero-order chi connectivity index (χ0) is 16.8. The average molecular weight is 340 g/mol. The van der Waals surface area contributed by atoms with Crippen LogP contribution in [0.4, 0.5) is 0 Å². The molecule has 0 atom stereocenters. The molecule has 0 saturated carbocycles. The van der Waals surface area contributed by atoms with Crippen LogP contribution in [-0.4, -0.2) is 18.7 Å². The number of furan rings is 1. The summed E-state index contributed by atoms with van der Waals surface area (Å²) in [6.45, 7) is 2.56. The van der Waals surface area contributed by atoms with Crippen molar-refractivity contribution in [2.75, 3.05) is 6.61 Å². The summed E-state index contributed by atoms with van der Waals surface area (Å²) in [7, 11) is 0. The van der Waals surface area contributed by atoms with Crippen molar-refractivity contribution in [2.45, 2.75) is 6.92 Å². The number of carbonyl (C=O) groups is 1. The largest absolute Gasteiger partial charge is 0.494 e. The first-order chi connectivity index (χ1) is 11.8. The number of rotatable bonds is 6. The van der Waals surface area contributed by atoms with Crippen LogP contribution in [0.15, 0.2) is 63.4 Å². The lowest BCUT2D eigenvalue weighted by Gasteiger charge is -2.03. The van der Waals surface area contributed by atoms with E-state index in [1.165, 1.54) is 0 Å². The third-order valence-corrected chi connectivity index (χ3v) is 3.99. The number of ether oxygens (including phenoxy) is 1. The molecule has 0 spiro atoms. The van der Waals surface area contributed by atoms with Gasteiger partial charge in [-0.15, -0.1) is 11.3 Å². The van der Waals surface area contributed by atoms with Gasteiger partial charge in [-0.05, 0) is 54.8 Å². The summed E-state index contributed by atoms with van der Waals surface area (Å²) in [5.74, 6) is 1.24. The molecule has 1 N–H and O–H groups in total. The molecule has 6 heteroatoms. The fourth-order valence-corrected chi connectivity index (χ4v) is 2.66. The molecule has 122 valence electrons. The second kappa shape index (κ2) is 7.61. The van der Waals surface area contributed by atoms with Gasteiger partial charge in [-0.1, -0.05) is 6.07 Å². The second-order valence-corrected chi connectivity index (χ2v) is 5.82. The van der Waals surface area contributed by atoms with E-state index >= 15 is 0 Å². The van der Waals surface area contributed by atoms with Crippen LogP contribution in [0.5, 0.6) is 5.75 Å². The summed E-state index contributed by atoms with van der Waals surface area (Å²) in [4.78, 5) is 13.0. The molecule has 0 radical (unpaired) electrons. The van der Waals surface area contributed by atoms with Gasteiger partial charge in [0.25, 0.3) is 0 Å². The number of amides is 1. The highest BCUT2D eigenvalue weighted by atomic mass is 32.1. The van der Waals surface area contributed by atoms with Gasteiger partial charge in [0.2, 0.25) is 0 Å². The van der Waals surface area contributed by atoms with E-state index in [-0.39, 0.29) is 11.7 Å². The van der Waals surface area contributed by atoms with Gasteiger partial charge in [-0.3, -0.25) is 4.79 Å². The van der Waals surface area contributed by atoms with Crippen molar-refractivity contribution < 1.29 is 13.9 Å². The molecular weight excluding hydrogens is 324 g/mol. The van der Waals surface area contributed by atoms with Crippen LogP contribution in [0.25, 0.3) is 11.3 Å².